The van der Waals surface area contributed by atoms with Crippen LogP contribution in [0.5, 0.6) is 0 Å². The third-order valence-electron chi connectivity index (χ3n) is 4.01. The molecule has 9 heteroatoms. The Morgan fingerprint density at radius 1 is 1.52 bits per heavy atom. The van der Waals surface area contributed by atoms with E-state index in [1.807, 2.05) is 13.8 Å². The Labute approximate surface area is 161 Å². The van der Waals surface area contributed by atoms with E-state index < -0.39 is 17.3 Å². The number of aromatic nitrogens is 2. The zero-order valence-electron chi connectivity index (χ0n) is 15.0. The average Bonchev–Trinajstić information content (AvgIpc) is 2.60. The minimum absolute atomic E-state index is 0.0325. The van der Waals surface area contributed by atoms with Crippen LogP contribution in [0.15, 0.2) is 24.5 Å². The molecule has 0 spiro atoms. The lowest BCUT2D eigenvalue weighted by molar-refractivity contribution is -0.177. The molecule has 1 amide bonds. The first-order valence-electron chi connectivity index (χ1n) is 8.36. The van der Waals surface area contributed by atoms with Gasteiger partial charge in [0.2, 0.25) is 0 Å². The summed E-state index contributed by atoms with van der Waals surface area (Å²) in [5.41, 5.74) is 5.51. The van der Waals surface area contributed by atoms with E-state index in [0.29, 0.717) is 18.8 Å². The number of nitrogens with one attached hydrogen (secondary N) is 1. The van der Waals surface area contributed by atoms with Gasteiger partial charge in [-0.3, -0.25) is 9.78 Å². The van der Waals surface area contributed by atoms with Gasteiger partial charge in [0.15, 0.2) is 11.6 Å². The van der Waals surface area contributed by atoms with E-state index in [4.69, 9.17) is 26.8 Å². The third-order valence-corrected chi connectivity index (χ3v) is 4.31. The highest BCUT2D eigenvalue weighted by atomic mass is 35.5. The van der Waals surface area contributed by atoms with Crippen molar-refractivity contribution in [2.75, 3.05) is 25.1 Å². The molecule has 3 rings (SSSR count). The van der Waals surface area contributed by atoms with Gasteiger partial charge in [-0.05, 0) is 26.0 Å². The Morgan fingerprint density at radius 2 is 2.30 bits per heavy atom. The number of hydrogen-bond acceptors (Lipinski definition) is 6. The summed E-state index contributed by atoms with van der Waals surface area (Å²) < 4.78 is 25.9. The molecule has 1 atom stereocenters. The predicted octanol–water partition coefficient (Wildman–Crippen LogP) is 2.64. The van der Waals surface area contributed by atoms with E-state index in [9.17, 15) is 9.18 Å². The van der Waals surface area contributed by atoms with Gasteiger partial charge in [0.25, 0.3) is 5.91 Å². The molecule has 144 valence electrons. The Morgan fingerprint density at radius 3 is 2.96 bits per heavy atom. The molecule has 27 heavy (non-hydrogen) atoms. The first-order valence-corrected chi connectivity index (χ1v) is 8.74. The van der Waals surface area contributed by atoms with Gasteiger partial charge in [-0.25, -0.2) is 9.37 Å². The molecule has 2 aromatic rings. The monoisotopic (exact) mass is 394 g/mol. The molecule has 0 bridgehead atoms. The second-order valence-electron chi connectivity index (χ2n) is 6.83. The van der Waals surface area contributed by atoms with Crippen LogP contribution in [0.4, 0.5) is 10.2 Å². The van der Waals surface area contributed by atoms with Crippen molar-refractivity contribution in [3.8, 4) is 11.3 Å². The topological polar surface area (TPSA) is 99.4 Å². The molecule has 3 heterocycles. The highest BCUT2D eigenvalue weighted by Gasteiger charge is 2.29. The zero-order chi connectivity index (χ0) is 19.6. The zero-order valence-corrected chi connectivity index (χ0v) is 15.7. The van der Waals surface area contributed by atoms with E-state index in [0.717, 1.165) is 6.07 Å². The van der Waals surface area contributed by atoms with Crippen molar-refractivity contribution in [3.05, 3.63) is 40.9 Å². The van der Waals surface area contributed by atoms with E-state index in [-0.39, 0.29) is 34.7 Å². The molecule has 3 N–H and O–H groups in total. The van der Waals surface area contributed by atoms with Gasteiger partial charge < -0.3 is 20.5 Å². The number of carbonyl (C=O) groups excluding carboxylic acids is 1. The number of hydrogen-bond donors (Lipinski definition) is 2. The second kappa shape index (κ2) is 7.75. The molecule has 0 aromatic carbocycles. The molecule has 0 radical (unpaired) electrons. The minimum Gasteiger partial charge on any atom is -0.376 e. The number of nitrogens with zero attached hydrogens (tertiary/aromatic N) is 2. The van der Waals surface area contributed by atoms with Gasteiger partial charge in [-0.15, -0.1) is 0 Å². The van der Waals surface area contributed by atoms with Crippen molar-refractivity contribution in [2.45, 2.75) is 25.6 Å². The summed E-state index contributed by atoms with van der Waals surface area (Å²) in [6.45, 7) is 5.01. The Bertz CT molecular complexity index is 862. The molecule has 0 aliphatic carbocycles. The smallest absolute Gasteiger partial charge is 0.251 e. The fourth-order valence-corrected chi connectivity index (χ4v) is 3.05. The number of amides is 1. The molecule has 1 aliphatic rings. The predicted molar refractivity (Wildman–Crippen MR) is 99.2 cm³/mol. The maximum atomic E-state index is 14.5. The number of carbonyl (C=O) groups is 1. The minimum atomic E-state index is -0.804. The summed E-state index contributed by atoms with van der Waals surface area (Å²) in [4.78, 5) is 19.9. The van der Waals surface area contributed by atoms with Crippen LogP contribution in [0.3, 0.4) is 0 Å². The van der Waals surface area contributed by atoms with Gasteiger partial charge in [0.1, 0.15) is 0 Å². The van der Waals surface area contributed by atoms with E-state index >= 15 is 0 Å². The van der Waals surface area contributed by atoms with Gasteiger partial charge in [0.05, 0.1) is 41.2 Å². The summed E-state index contributed by atoms with van der Waals surface area (Å²) in [7, 11) is 0. The van der Waals surface area contributed by atoms with Gasteiger partial charge in [0, 0.05) is 24.5 Å². The molecule has 0 saturated carbocycles. The van der Waals surface area contributed by atoms with Crippen molar-refractivity contribution < 1.29 is 18.7 Å². The van der Waals surface area contributed by atoms with Crippen molar-refractivity contribution in [2.24, 2.45) is 5.73 Å². The van der Waals surface area contributed by atoms with Crippen LogP contribution in [0.25, 0.3) is 11.3 Å². The standard InChI is InChI=1S/C18H20ClFN4O3/c1-18(2)9-26-8-10(27-18)6-23-17-14(20)5-12(16(21)25)15(24-17)11-3-4-22-7-13(11)19/h3-5,7,10H,6,8-9H2,1-2H3,(H2,21,25)(H,23,24)/t10-/m0/s1. The maximum Gasteiger partial charge on any atom is 0.251 e. The number of primary amides is 1. The van der Waals surface area contributed by atoms with Crippen molar-refractivity contribution in [1.29, 1.82) is 0 Å². The largest absolute Gasteiger partial charge is 0.376 e. The number of pyridine rings is 2. The summed E-state index contributed by atoms with van der Waals surface area (Å²) in [6.07, 6.45) is 2.65. The highest BCUT2D eigenvalue weighted by Crippen LogP contribution is 2.30. The number of ether oxygens (including phenoxy) is 2. The van der Waals surface area contributed by atoms with Crippen LogP contribution >= 0.6 is 11.6 Å². The van der Waals surface area contributed by atoms with Crippen LogP contribution < -0.4 is 11.1 Å². The Balaban J connectivity index is 1.89. The first-order chi connectivity index (χ1) is 12.8. The number of rotatable bonds is 5. The molecule has 2 aromatic heterocycles. The van der Waals surface area contributed by atoms with Crippen molar-refractivity contribution >= 4 is 23.3 Å². The number of anilines is 1. The molecule has 0 unspecified atom stereocenters. The fraction of sp³-hybridized carbons (Fsp3) is 0.389. The van der Waals surface area contributed by atoms with Gasteiger partial charge in [-0.2, -0.15) is 0 Å². The van der Waals surface area contributed by atoms with Crippen LogP contribution in [-0.4, -0.2) is 47.3 Å². The van der Waals surface area contributed by atoms with Crippen molar-refractivity contribution in [3.63, 3.8) is 0 Å². The fourth-order valence-electron chi connectivity index (χ4n) is 2.84. The average molecular weight is 395 g/mol. The van der Waals surface area contributed by atoms with E-state index in [1.165, 1.54) is 12.4 Å². The van der Waals surface area contributed by atoms with Crippen LogP contribution in [0, 0.1) is 5.82 Å². The van der Waals surface area contributed by atoms with Crippen molar-refractivity contribution in [1.82, 2.24) is 9.97 Å². The molecular weight excluding hydrogens is 375 g/mol. The molecule has 1 saturated heterocycles. The third kappa shape index (κ3) is 4.52. The molecule has 7 nitrogen and oxygen atoms in total. The maximum absolute atomic E-state index is 14.5. The SMILES string of the molecule is CC1(C)COC[C@H](CNc2nc(-c3ccncc3Cl)c(C(N)=O)cc2F)O1. The number of nitrogens with two attached hydrogens (primary N) is 1. The summed E-state index contributed by atoms with van der Waals surface area (Å²) in [5, 5.41) is 3.19. The van der Waals surface area contributed by atoms with Gasteiger partial charge >= 0.3 is 0 Å². The Hall–Kier alpha value is -2.29. The summed E-state index contributed by atoms with van der Waals surface area (Å²) in [5.74, 6) is -1.54. The lowest BCUT2D eigenvalue weighted by Gasteiger charge is -2.36. The van der Waals surface area contributed by atoms with Crippen LogP contribution in [0.1, 0.15) is 24.2 Å². The van der Waals surface area contributed by atoms with E-state index in [2.05, 4.69) is 15.3 Å². The molecule has 1 fully saturated rings. The summed E-state index contributed by atoms with van der Waals surface area (Å²) >= 11 is 6.15. The second-order valence-corrected chi connectivity index (χ2v) is 7.24. The van der Waals surface area contributed by atoms with Gasteiger partial charge in [-0.1, -0.05) is 11.6 Å². The normalized spacial score (nSPS) is 18.9. The first kappa shape index (κ1) is 19.5. The lowest BCUT2D eigenvalue weighted by atomic mass is 10.1. The quantitative estimate of drug-likeness (QED) is 0.808. The van der Waals surface area contributed by atoms with E-state index in [1.54, 1.807) is 6.07 Å². The molecular formula is C18H20ClFN4O3. The molecule has 1 aliphatic heterocycles. The number of halogens is 2. The lowest BCUT2D eigenvalue weighted by Crippen LogP contribution is -2.45. The summed E-state index contributed by atoms with van der Waals surface area (Å²) in [6, 6.07) is 2.63. The van der Waals surface area contributed by atoms with Crippen LogP contribution in [0.2, 0.25) is 5.02 Å². The highest BCUT2D eigenvalue weighted by molar-refractivity contribution is 6.33. The van der Waals surface area contributed by atoms with Crippen LogP contribution in [-0.2, 0) is 9.47 Å². The Kier molecular flexibility index (Phi) is 5.59.